The molecular weight excluding hydrogens is 240 g/mol. The number of aryl methyl sites for hydroxylation is 1. The molecule has 0 spiro atoms. The van der Waals surface area contributed by atoms with Gasteiger partial charge in [0.1, 0.15) is 18.1 Å². The summed E-state index contributed by atoms with van der Waals surface area (Å²) in [5, 5.41) is 9.30. The molecular formula is C16H14O3. The molecule has 1 aliphatic rings. The van der Waals surface area contributed by atoms with Crippen LogP contribution >= 0.6 is 0 Å². The number of hydrogen-bond donors (Lipinski definition) is 1. The summed E-state index contributed by atoms with van der Waals surface area (Å²) in [6.07, 6.45) is 0. The van der Waals surface area contributed by atoms with Gasteiger partial charge in [-0.2, -0.15) is 0 Å². The second-order valence-electron chi connectivity index (χ2n) is 4.77. The van der Waals surface area contributed by atoms with Gasteiger partial charge >= 0.3 is 0 Å². The normalized spacial score (nSPS) is 17.7. The Hall–Kier alpha value is -2.29. The summed E-state index contributed by atoms with van der Waals surface area (Å²) in [4.78, 5) is 12.5. The van der Waals surface area contributed by atoms with E-state index in [0.29, 0.717) is 17.9 Å². The maximum atomic E-state index is 12.5. The molecule has 0 fully saturated rings. The van der Waals surface area contributed by atoms with Crippen molar-refractivity contribution in [1.82, 2.24) is 0 Å². The molecule has 3 nitrogen and oxygen atoms in total. The minimum Gasteiger partial charge on any atom is -0.508 e. The Morgan fingerprint density at radius 3 is 2.63 bits per heavy atom. The first-order valence-electron chi connectivity index (χ1n) is 6.22. The fraction of sp³-hybridized carbons (Fsp3) is 0.188. The molecule has 0 bridgehead atoms. The van der Waals surface area contributed by atoms with Gasteiger partial charge in [-0.05, 0) is 36.2 Å². The summed E-state index contributed by atoms with van der Waals surface area (Å²) in [7, 11) is 0. The van der Waals surface area contributed by atoms with Gasteiger partial charge in [0, 0.05) is 0 Å². The van der Waals surface area contributed by atoms with Gasteiger partial charge in [-0.25, -0.2) is 0 Å². The smallest absolute Gasteiger partial charge is 0.177 e. The van der Waals surface area contributed by atoms with Crippen molar-refractivity contribution in [2.75, 3.05) is 6.61 Å². The van der Waals surface area contributed by atoms with Crippen LogP contribution in [0.4, 0.5) is 0 Å². The first-order valence-corrected chi connectivity index (χ1v) is 6.22. The van der Waals surface area contributed by atoms with E-state index in [9.17, 15) is 9.90 Å². The van der Waals surface area contributed by atoms with Gasteiger partial charge in [0.2, 0.25) is 0 Å². The molecule has 0 amide bonds. The van der Waals surface area contributed by atoms with Crippen LogP contribution in [-0.4, -0.2) is 17.5 Å². The molecule has 1 N–H and O–H groups in total. The fourth-order valence-electron chi connectivity index (χ4n) is 2.42. The molecule has 3 heteroatoms. The van der Waals surface area contributed by atoms with Crippen molar-refractivity contribution in [2.24, 2.45) is 0 Å². The third-order valence-electron chi connectivity index (χ3n) is 3.48. The van der Waals surface area contributed by atoms with Crippen molar-refractivity contribution in [2.45, 2.75) is 12.8 Å². The van der Waals surface area contributed by atoms with E-state index in [-0.39, 0.29) is 17.5 Å². The Kier molecular flexibility index (Phi) is 2.75. The molecule has 2 aromatic rings. The number of Topliss-reactive ketones (excluding diaryl/α,β-unsaturated/α-hetero) is 1. The number of carbonyl (C=O) groups is 1. The monoisotopic (exact) mass is 254 g/mol. The Morgan fingerprint density at radius 2 is 1.89 bits per heavy atom. The highest BCUT2D eigenvalue weighted by Gasteiger charge is 2.30. The fourth-order valence-corrected chi connectivity index (χ4v) is 2.42. The third kappa shape index (κ3) is 1.97. The van der Waals surface area contributed by atoms with E-state index in [0.717, 1.165) is 11.1 Å². The van der Waals surface area contributed by atoms with E-state index < -0.39 is 0 Å². The molecule has 19 heavy (non-hydrogen) atoms. The predicted octanol–water partition coefficient (Wildman–Crippen LogP) is 3.06. The van der Waals surface area contributed by atoms with Crippen LogP contribution in [0.5, 0.6) is 11.5 Å². The number of rotatable bonds is 1. The molecule has 1 aliphatic heterocycles. The molecule has 1 atom stereocenters. The first-order chi connectivity index (χ1) is 9.16. The molecule has 3 rings (SSSR count). The van der Waals surface area contributed by atoms with Crippen molar-refractivity contribution in [3.05, 3.63) is 59.2 Å². The second kappa shape index (κ2) is 4.43. The summed E-state index contributed by atoms with van der Waals surface area (Å²) in [5.41, 5.74) is 2.49. The number of ketones is 1. The van der Waals surface area contributed by atoms with Crippen molar-refractivity contribution < 1.29 is 14.6 Å². The van der Waals surface area contributed by atoms with Crippen LogP contribution in [-0.2, 0) is 0 Å². The highest BCUT2D eigenvalue weighted by molar-refractivity contribution is 6.04. The van der Waals surface area contributed by atoms with E-state index >= 15 is 0 Å². The molecule has 0 aliphatic carbocycles. The number of ether oxygens (including phenoxy) is 1. The van der Waals surface area contributed by atoms with Gasteiger partial charge in [-0.15, -0.1) is 0 Å². The number of fused-ring (bicyclic) bond motifs is 1. The summed E-state index contributed by atoms with van der Waals surface area (Å²) in [6, 6.07) is 12.3. The van der Waals surface area contributed by atoms with Crippen LogP contribution in [0.3, 0.4) is 0 Å². The Bertz CT molecular complexity index is 629. The highest BCUT2D eigenvalue weighted by Crippen LogP contribution is 2.34. The average Bonchev–Trinajstić information content (AvgIpc) is 2.42. The highest BCUT2D eigenvalue weighted by atomic mass is 16.5. The zero-order chi connectivity index (χ0) is 13.4. The quantitative estimate of drug-likeness (QED) is 0.850. The molecule has 0 radical (unpaired) electrons. The predicted molar refractivity (Wildman–Crippen MR) is 71.9 cm³/mol. The molecule has 1 unspecified atom stereocenters. The molecule has 2 aromatic carbocycles. The standard InChI is InChI=1S/C16H14O3/c1-10-3-2-4-13-15(18)14(9-19-16(10)13)11-5-7-12(17)8-6-11/h2-8,14,17H,9H2,1H3. The Labute approximate surface area is 111 Å². The van der Waals surface area contributed by atoms with E-state index in [1.54, 1.807) is 30.3 Å². The Balaban J connectivity index is 2.00. The van der Waals surface area contributed by atoms with E-state index in [2.05, 4.69) is 0 Å². The van der Waals surface area contributed by atoms with Crippen LogP contribution in [0.1, 0.15) is 27.4 Å². The molecule has 1 heterocycles. The van der Waals surface area contributed by atoms with Crippen molar-refractivity contribution in [3.63, 3.8) is 0 Å². The second-order valence-corrected chi connectivity index (χ2v) is 4.77. The number of phenols is 1. The Morgan fingerprint density at radius 1 is 1.16 bits per heavy atom. The lowest BCUT2D eigenvalue weighted by Crippen LogP contribution is -2.26. The topological polar surface area (TPSA) is 46.5 Å². The number of aromatic hydroxyl groups is 1. The number of para-hydroxylation sites is 1. The van der Waals surface area contributed by atoms with Crippen molar-refractivity contribution in [1.29, 1.82) is 0 Å². The largest absolute Gasteiger partial charge is 0.508 e. The van der Waals surface area contributed by atoms with Gasteiger partial charge in [-0.3, -0.25) is 4.79 Å². The first kappa shape index (κ1) is 11.8. The van der Waals surface area contributed by atoms with Crippen LogP contribution in [0.2, 0.25) is 0 Å². The zero-order valence-corrected chi connectivity index (χ0v) is 10.6. The van der Waals surface area contributed by atoms with Crippen LogP contribution in [0.25, 0.3) is 0 Å². The lowest BCUT2D eigenvalue weighted by Gasteiger charge is -2.25. The average molecular weight is 254 g/mol. The molecule has 96 valence electrons. The maximum Gasteiger partial charge on any atom is 0.177 e. The van der Waals surface area contributed by atoms with E-state index in [4.69, 9.17) is 4.74 Å². The zero-order valence-electron chi connectivity index (χ0n) is 10.6. The van der Waals surface area contributed by atoms with Crippen LogP contribution in [0, 0.1) is 6.92 Å². The maximum absolute atomic E-state index is 12.5. The minimum absolute atomic E-state index is 0.0793. The number of hydrogen-bond acceptors (Lipinski definition) is 3. The SMILES string of the molecule is Cc1cccc2c1OCC(c1ccc(O)cc1)C2=O. The van der Waals surface area contributed by atoms with Gasteiger partial charge in [-0.1, -0.05) is 24.3 Å². The van der Waals surface area contributed by atoms with E-state index in [1.807, 2.05) is 19.1 Å². The van der Waals surface area contributed by atoms with Crippen LogP contribution < -0.4 is 4.74 Å². The number of phenolic OH excluding ortho intramolecular Hbond substituents is 1. The molecule has 0 aromatic heterocycles. The summed E-state index contributed by atoms with van der Waals surface area (Å²) in [6.45, 7) is 2.29. The van der Waals surface area contributed by atoms with Gasteiger partial charge in [0.25, 0.3) is 0 Å². The van der Waals surface area contributed by atoms with Gasteiger partial charge in [0.15, 0.2) is 5.78 Å². The van der Waals surface area contributed by atoms with Gasteiger partial charge in [0.05, 0.1) is 11.5 Å². The third-order valence-corrected chi connectivity index (χ3v) is 3.48. The molecule has 0 saturated carbocycles. The molecule has 0 saturated heterocycles. The summed E-state index contributed by atoms with van der Waals surface area (Å²) in [5.74, 6) is 0.678. The van der Waals surface area contributed by atoms with Crippen molar-refractivity contribution >= 4 is 5.78 Å². The summed E-state index contributed by atoms with van der Waals surface area (Å²) < 4.78 is 5.74. The summed E-state index contributed by atoms with van der Waals surface area (Å²) >= 11 is 0. The minimum atomic E-state index is -0.296. The van der Waals surface area contributed by atoms with Gasteiger partial charge < -0.3 is 9.84 Å². The van der Waals surface area contributed by atoms with Crippen LogP contribution in [0.15, 0.2) is 42.5 Å². The van der Waals surface area contributed by atoms with E-state index in [1.165, 1.54) is 0 Å². The van der Waals surface area contributed by atoms with Crippen molar-refractivity contribution in [3.8, 4) is 11.5 Å². The number of benzene rings is 2. The lowest BCUT2D eigenvalue weighted by molar-refractivity contribution is 0.0895. The number of carbonyl (C=O) groups excluding carboxylic acids is 1. The lowest BCUT2D eigenvalue weighted by atomic mass is 9.88.